The maximum absolute atomic E-state index is 10.7. The summed E-state index contributed by atoms with van der Waals surface area (Å²) in [4.78, 5) is 10.7. The van der Waals surface area contributed by atoms with Crippen LogP contribution < -0.4 is 0 Å². The summed E-state index contributed by atoms with van der Waals surface area (Å²) in [5, 5.41) is 1.73. The summed E-state index contributed by atoms with van der Waals surface area (Å²) in [7, 11) is 0. The van der Waals surface area contributed by atoms with Gasteiger partial charge in [-0.1, -0.05) is 46.9 Å². The number of carbonyl (C=O) groups is 1. The molecule has 0 aliphatic heterocycles. The first-order valence-corrected chi connectivity index (χ1v) is 6.42. The summed E-state index contributed by atoms with van der Waals surface area (Å²) >= 11 is 18.0. The van der Waals surface area contributed by atoms with E-state index in [1.54, 1.807) is 24.3 Å². The monoisotopic (exact) mass is 298 g/mol. The molecule has 0 radical (unpaired) electrons. The summed E-state index contributed by atoms with van der Waals surface area (Å²) in [5.41, 5.74) is 2.59. The first-order chi connectivity index (χ1) is 8.61. The molecule has 0 fully saturated rings. The molecule has 0 N–H and O–H groups in total. The van der Waals surface area contributed by atoms with Gasteiger partial charge in [-0.05, 0) is 35.4 Å². The third-order valence-corrected chi connectivity index (χ3v) is 3.37. The van der Waals surface area contributed by atoms with E-state index in [1.165, 1.54) is 0 Å². The van der Waals surface area contributed by atoms with Crippen LogP contribution in [0.25, 0.3) is 11.1 Å². The van der Waals surface area contributed by atoms with Crippen LogP contribution in [0.3, 0.4) is 0 Å². The van der Waals surface area contributed by atoms with Crippen molar-refractivity contribution in [2.75, 3.05) is 0 Å². The Morgan fingerprint density at radius 2 is 1.50 bits per heavy atom. The molecule has 0 atom stereocenters. The van der Waals surface area contributed by atoms with Gasteiger partial charge in [0.1, 0.15) is 6.29 Å². The molecule has 0 amide bonds. The molecular formula is C14H9Cl3O. The lowest BCUT2D eigenvalue weighted by Gasteiger charge is -2.10. The zero-order chi connectivity index (χ0) is 13.1. The highest BCUT2D eigenvalue weighted by Crippen LogP contribution is 2.33. The Kier molecular flexibility index (Phi) is 4.28. The van der Waals surface area contributed by atoms with Crippen LogP contribution >= 0.6 is 34.8 Å². The topological polar surface area (TPSA) is 17.1 Å². The molecule has 0 saturated heterocycles. The fraction of sp³-hybridized carbons (Fsp3) is 0.0714. The van der Waals surface area contributed by atoms with Gasteiger partial charge in [0, 0.05) is 27.1 Å². The average Bonchev–Trinajstić information content (AvgIpc) is 2.31. The van der Waals surface area contributed by atoms with Crippen LogP contribution in [0.1, 0.15) is 5.56 Å². The van der Waals surface area contributed by atoms with E-state index in [4.69, 9.17) is 34.8 Å². The Balaban J connectivity index is 2.59. The molecule has 0 aromatic heterocycles. The van der Waals surface area contributed by atoms with E-state index >= 15 is 0 Å². The Morgan fingerprint density at radius 3 is 2.11 bits per heavy atom. The minimum atomic E-state index is 0.300. The standard InChI is InChI=1S/C14H9Cl3O/c15-10-1-3-12(9(7-10)5-6-18)13-4-2-11(16)8-14(13)17/h1-4,6-8H,5H2. The minimum absolute atomic E-state index is 0.300. The smallest absolute Gasteiger partial charge is 0.124 e. The Hall–Kier alpha value is -1.02. The zero-order valence-corrected chi connectivity index (χ0v) is 11.6. The number of halogens is 3. The van der Waals surface area contributed by atoms with Crippen molar-refractivity contribution >= 4 is 41.1 Å². The van der Waals surface area contributed by atoms with Crippen LogP contribution in [0.15, 0.2) is 36.4 Å². The molecule has 0 saturated carbocycles. The van der Waals surface area contributed by atoms with E-state index in [0.717, 1.165) is 23.0 Å². The van der Waals surface area contributed by atoms with Crippen molar-refractivity contribution in [3.63, 3.8) is 0 Å². The molecule has 0 spiro atoms. The van der Waals surface area contributed by atoms with E-state index < -0.39 is 0 Å². The number of carbonyl (C=O) groups excluding carboxylic acids is 1. The van der Waals surface area contributed by atoms with Crippen molar-refractivity contribution in [3.05, 3.63) is 57.0 Å². The second kappa shape index (κ2) is 5.75. The predicted molar refractivity (Wildman–Crippen MR) is 76.7 cm³/mol. The molecule has 0 aliphatic rings. The van der Waals surface area contributed by atoms with E-state index in [9.17, 15) is 4.79 Å². The van der Waals surface area contributed by atoms with Gasteiger partial charge < -0.3 is 4.79 Å². The maximum atomic E-state index is 10.7. The van der Waals surface area contributed by atoms with Crippen LogP contribution in [0, 0.1) is 0 Å². The molecule has 1 nitrogen and oxygen atoms in total. The van der Waals surface area contributed by atoms with E-state index in [0.29, 0.717) is 21.5 Å². The van der Waals surface area contributed by atoms with E-state index in [1.807, 2.05) is 12.1 Å². The molecule has 2 rings (SSSR count). The maximum Gasteiger partial charge on any atom is 0.124 e. The third kappa shape index (κ3) is 2.86. The highest BCUT2D eigenvalue weighted by molar-refractivity contribution is 6.36. The summed E-state index contributed by atoms with van der Waals surface area (Å²) in [6.07, 6.45) is 1.15. The second-order valence-electron chi connectivity index (χ2n) is 3.80. The zero-order valence-electron chi connectivity index (χ0n) is 9.29. The van der Waals surface area contributed by atoms with Crippen molar-refractivity contribution in [1.82, 2.24) is 0 Å². The SMILES string of the molecule is O=CCc1cc(Cl)ccc1-c1ccc(Cl)cc1Cl. The van der Waals surface area contributed by atoms with E-state index in [-0.39, 0.29) is 0 Å². The summed E-state index contributed by atoms with van der Waals surface area (Å²) in [5.74, 6) is 0. The largest absolute Gasteiger partial charge is 0.303 e. The summed E-state index contributed by atoms with van der Waals surface area (Å²) < 4.78 is 0. The van der Waals surface area contributed by atoms with Crippen LogP contribution in [0.4, 0.5) is 0 Å². The van der Waals surface area contributed by atoms with Gasteiger partial charge in [0.05, 0.1) is 0 Å². The number of benzene rings is 2. The second-order valence-corrected chi connectivity index (χ2v) is 5.08. The molecule has 2 aromatic carbocycles. The minimum Gasteiger partial charge on any atom is -0.303 e. The Bertz CT molecular complexity index is 594. The molecule has 0 unspecified atom stereocenters. The quantitative estimate of drug-likeness (QED) is 0.724. The van der Waals surface area contributed by atoms with Gasteiger partial charge >= 0.3 is 0 Å². The van der Waals surface area contributed by atoms with Crippen LogP contribution in [0.5, 0.6) is 0 Å². The molecule has 2 aromatic rings. The first-order valence-electron chi connectivity index (χ1n) is 5.29. The molecule has 18 heavy (non-hydrogen) atoms. The lowest BCUT2D eigenvalue weighted by Crippen LogP contribution is -1.92. The van der Waals surface area contributed by atoms with Crippen molar-refractivity contribution < 1.29 is 4.79 Å². The number of rotatable bonds is 3. The van der Waals surface area contributed by atoms with Gasteiger partial charge in [0.2, 0.25) is 0 Å². The van der Waals surface area contributed by atoms with Gasteiger partial charge in [-0.25, -0.2) is 0 Å². The fourth-order valence-corrected chi connectivity index (χ4v) is 2.50. The molecule has 4 heteroatoms. The first kappa shape index (κ1) is 13.4. The van der Waals surface area contributed by atoms with Crippen LogP contribution in [-0.2, 0) is 11.2 Å². The number of hydrogen-bond donors (Lipinski definition) is 0. The fourth-order valence-electron chi connectivity index (χ4n) is 1.79. The summed E-state index contributed by atoms with van der Waals surface area (Å²) in [6.45, 7) is 0. The molecule has 0 bridgehead atoms. The third-order valence-electron chi connectivity index (χ3n) is 2.59. The van der Waals surface area contributed by atoms with Crippen molar-refractivity contribution in [2.45, 2.75) is 6.42 Å². The van der Waals surface area contributed by atoms with Crippen LogP contribution in [-0.4, -0.2) is 6.29 Å². The normalized spacial score (nSPS) is 10.4. The van der Waals surface area contributed by atoms with Crippen molar-refractivity contribution in [3.8, 4) is 11.1 Å². The van der Waals surface area contributed by atoms with Gasteiger partial charge in [0.15, 0.2) is 0 Å². The Labute approximate surface area is 120 Å². The number of aldehydes is 1. The van der Waals surface area contributed by atoms with Gasteiger partial charge in [-0.3, -0.25) is 0 Å². The molecule has 92 valence electrons. The van der Waals surface area contributed by atoms with E-state index in [2.05, 4.69) is 0 Å². The number of hydrogen-bond acceptors (Lipinski definition) is 1. The summed E-state index contributed by atoms with van der Waals surface area (Å²) in [6, 6.07) is 10.7. The van der Waals surface area contributed by atoms with Gasteiger partial charge in [0.25, 0.3) is 0 Å². The van der Waals surface area contributed by atoms with Crippen LogP contribution in [0.2, 0.25) is 15.1 Å². The van der Waals surface area contributed by atoms with Gasteiger partial charge in [-0.15, -0.1) is 0 Å². The molecule has 0 heterocycles. The average molecular weight is 300 g/mol. The highest BCUT2D eigenvalue weighted by Gasteiger charge is 2.09. The predicted octanol–water partition coefficient (Wildman–Crippen LogP) is 5.06. The molecule has 0 aliphatic carbocycles. The lowest BCUT2D eigenvalue weighted by atomic mass is 9.98. The van der Waals surface area contributed by atoms with Gasteiger partial charge in [-0.2, -0.15) is 0 Å². The lowest BCUT2D eigenvalue weighted by molar-refractivity contribution is -0.107. The van der Waals surface area contributed by atoms with Crippen molar-refractivity contribution in [1.29, 1.82) is 0 Å². The Morgan fingerprint density at radius 1 is 0.889 bits per heavy atom. The van der Waals surface area contributed by atoms with Crippen molar-refractivity contribution in [2.24, 2.45) is 0 Å². The highest BCUT2D eigenvalue weighted by atomic mass is 35.5. The molecular weight excluding hydrogens is 291 g/mol.